The molecular formula is C17H16N6O3S. The Bertz CT molecular complexity index is 1230. The van der Waals surface area contributed by atoms with Crippen LogP contribution in [-0.4, -0.2) is 45.9 Å². The normalized spacial score (nSPS) is 11.6. The predicted octanol–water partition coefficient (Wildman–Crippen LogP) is 1.96. The number of nitrogens with one attached hydrogen (secondary N) is 1. The van der Waals surface area contributed by atoms with Crippen LogP contribution in [0.5, 0.6) is 5.75 Å². The number of aromatic nitrogens is 5. The van der Waals surface area contributed by atoms with Crippen molar-refractivity contribution in [1.29, 1.82) is 0 Å². The largest absolute Gasteiger partial charge is 0.494 e. The Balaban J connectivity index is 1.81. The third-order valence-electron chi connectivity index (χ3n) is 3.92. The van der Waals surface area contributed by atoms with Crippen LogP contribution < -0.4 is 9.46 Å². The van der Waals surface area contributed by atoms with Gasteiger partial charge in [-0.15, -0.1) is 0 Å². The van der Waals surface area contributed by atoms with Crippen LogP contribution in [0.2, 0.25) is 0 Å². The van der Waals surface area contributed by atoms with Gasteiger partial charge in [-0.2, -0.15) is 5.10 Å². The standard InChI is InChI=1S/C17H16N6O3S/c1-26-15-10-12(4-5-14(15)21-27(2,24)25)22-9-7-19-16(22)13-11-20-23-8-3-6-18-17(13)23/h3-11,21H,1-2H3. The molecule has 0 atom stereocenters. The maximum atomic E-state index is 11.5. The number of fused-ring (bicyclic) bond motifs is 1. The second-order valence-electron chi connectivity index (χ2n) is 5.83. The first-order chi connectivity index (χ1) is 13.0. The highest BCUT2D eigenvalue weighted by Gasteiger charge is 2.16. The smallest absolute Gasteiger partial charge is 0.229 e. The number of hydrogen-bond acceptors (Lipinski definition) is 6. The Hall–Kier alpha value is -3.40. The van der Waals surface area contributed by atoms with Crippen molar-refractivity contribution in [2.75, 3.05) is 18.1 Å². The maximum Gasteiger partial charge on any atom is 0.229 e. The summed E-state index contributed by atoms with van der Waals surface area (Å²) in [5, 5.41) is 4.30. The second-order valence-corrected chi connectivity index (χ2v) is 7.57. The van der Waals surface area contributed by atoms with Crippen molar-refractivity contribution in [1.82, 2.24) is 24.1 Å². The summed E-state index contributed by atoms with van der Waals surface area (Å²) in [5.41, 5.74) is 2.59. The van der Waals surface area contributed by atoms with Crippen LogP contribution in [0.15, 0.2) is 55.2 Å². The Morgan fingerprint density at radius 2 is 2.00 bits per heavy atom. The summed E-state index contributed by atoms with van der Waals surface area (Å²) in [7, 11) is -1.93. The number of rotatable bonds is 5. The zero-order chi connectivity index (χ0) is 19.0. The van der Waals surface area contributed by atoms with Gasteiger partial charge in [0.15, 0.2) is 5.65 Å². The summed E-state index contributed by atoms with van der Waals surface area (Å²) in [6.45, 7) is 0. The molecule has 0 radical (unpaired) electrons. The van der Waals surface area contributed by atoms with E-state index in [0.29, 0.717) is 22.9 Å². The molecule has 1 N–H and O–H groups in total. The number of ether oxygens (including phenoxy) is 1. The molecule has 10 heteroatoms. The number of anilines is 1. The highest BCUT2D eigenvalue weighted by atomic mass is 32.2. The van der Waals surface area contributed by atoms with Gasteiger partial charge in [0.25, 0.3) is 0 Å². The summed E-state index contributed by atoms with van der Waals surface area (Å²) in [6, 6.07) is 6.96. The first-order valence-corrected chi connectivity index (χ1v) is 9.84. The van der Waals surface area contributed by atoms with Gasteiger partial charge in [0, 0.05) is 30.9 Å². The fraction of sp³-hybridized carbons (Fsp3) is 0.118. The molecule has 0 saturated heterocycles. The topological polar surface area (TPSA) is 103 Å². The van der Waals surface area contributed by atoms with E-state index in [4.69, 9.17) is 4.74 Å². The fourth-order valence-electron chi connectivity index (χ4n) is 2.81. The van der Waals surface area contributed by atoms with Crippen molar-refractivity contribution in [2.24, 2.45) is 0 Å². The van der Waals surface area contributed by atoms with Crippen LogP contribution in [0.1, 0.15) is 0 Å². The average molecular weight is 384 g/mol. The molecule has 0 spiro atoms. The van der Waals surface area contributed by atoms with E-state index in [1.54, 1.807) is 53.6 Å². The molecular weight excluding hydrogens is 368 g/mol. The number of methoxy groups -OCH3 is 1. The molecule has 4 rings (SSSR count). The molecule has 0 amide bonds. The Morgan fingerprint density at radius 3 is 2.78 bits per heavy atom. The molecule has 3 heterocycles. The van der Waals surface area contributed by atoms with Crippen LogP contribution in [-0.2, 0) is 10.0 Å². The summed E-state index contributed by atoms with van der Waals surface area (Å²) >= 11 is 0. The average Bonchev–Trinajstić information content (AvgIpc) is 3.27. The third kappa shape index (κ3) is 3.22. The van der Waals surface area contributed by atoms with Crippen LogP contribution in [0.4, 0.5) is 5.69 Å². The molecule has 138 valence electrons. The van der Waals surface area contributed by atoms with Gasteiger partial charge < -0.3 is 4.74 Å². The van der Waals surface area contributed by atoms with Gasteiger partial charge in [-0.3, -0.25) is 9.29 Å². The zero-order valence-corrected chi connectivity index (χ0v) is 15.4. The van der Waals surface area contributed by atoms with Gasteiger partial charge in [0.1, 0.15) is 11.6 Å². The van der Waals surface area contributed by atoms with Crippen molar-refractivity contribution in [3.63, 3.8) is 0 Å². The lowest BCUT2D eigenvalue weighted by Gasteiger charge is -2.13. The van der Waals surface area contributed by atoms with Gasteiger partial charge in [-0.1, -0.05) is 0 Å². The Labute approximate surface area is 155 Å². The minimum atomic E-state index is -3.41. The Kier molecular flexibility index (Phi) is 4.04. The minimum absolute atomic E-state index is 0.364. The number of sulfonamides is 1. The van der Waals surface area contributed by atoms with Crippen molar-refractivity contribution in [2.45, 2.75) is 0 Å². The van der Waals surface area contributed by atoms with Crippen molar-refractivity contribution in [3.05, 3.63) is 55.2 Å². The predicted molar refractivity (Wildman–Crippen MR) is 101 cm³/mol. The van der Waals surface area contributed by atoms with Crippen LogP contribution in [0.3, 0.4) is 0 Å². The molecule has 1 aromatic carbocycles. The molecule has 0 saturated carbocycles. The monoisotopic (exact) mass is 384 g/mol. The van der Waals surface area contributed by atoms with Crippen molar-refractivity contribution < 1.29 is 13.2 Å². The lowest BCUT2D eigenvalue weighted by atomic mass is 10.2. The lowest BCUT2D eigenvalue weighted by molar-refractivity contribution is 0.416. The van der Waals surface area contributed by atoms with E-state index < -0.39 is 10.0 Å². The minimum Gasteiger partial charge on any atom is -0.494 e. The second kappa shape index (κ2) is 6.40. The Morgan fingerprint density at radius 1 is 1.15 bits per heavy atom. The maximum absolute atomic E-state index is 11.5. The van der Waals surface area contributed by atoms with E-state index in [-0.39, 0.29) is 0 Å². The van der Waals surface area contributed by atoms with E-state index in [2.05, 4.69) is 19.8 Å². The van der Waals surface area contributed by atoms with Crippen LogP contribution in [0.25, 0.3) is 22.7 Å². The van der Waals surface area contributed by atoms with Gasteiger partial charge in [-0.05, 0) is 18.2 Å². The first-order valence-electron chi connectivity index (χ1n) is 7.94. The van der Waals surface area contributed by atoms with Crippen molar-refractivity contribution >= 4 is 21.4 Å². The van der Waals surface area contributed by atoms with Crippen molar-refractivity contribution in [3.8, 4) is 22.8 Å². The van der Waals surface area contributed by atoms with Crippen LogP contribution >= 0.6 is 0 Å². The van der Waals surface area contributed by atoms with Gasteiger partial charge in [0.2, 0.25) is 10.0 Å². The molecule has 0 aliphatic heterocycles. The van der Waals surface area contributed by atoms with E-state index in [9.17, 15) is 8.42 Å². The highest BCUT2D eigenvalue weighted by Crippen LogP contribution is 2.30. The van der Waals surface area contributed by atoms with E-state index >= 15 is 0 Å². The molecule has 0 unspecified atom stereocenters. The molecule has 0 aliphatic carbocycles. The van der Waals surface area contributed by atoms with E-state index in [1.807, 2.05) is 10.8 Å². The number of benzene rings is 1. The number of hydrogen-bond donors (Lipinski definition) is 1. The highest BCUT2D eigenvalue weighted by molar-refractivity contribution is 7.92. The third-order valence-corrected chi connectivity index (χ3v) is 4.51. The summed E-state index contributed by atoms with van der Waals surface area (Å²) in [5.74, 6) is 1.06. The molecule has 9 nitrogen and oxygen atoms in total. The molecule has 3 aromatic heterocycles. The molecule has 0 aliphatic rings. The molecule has 0 bridgehead atoms. The zero-order valence-electron chi connectivity index (χ0n) is 14.6. The lowest BCUT2D eigenvalue weighted by Crippen LogP contribution is -2.10. The SMILES string of the molecule is COc1cc(-n2ccnc2-c2cnn3cccnc23)ccc1NS(C)(=O)=O. The van der Waals surface area contributed by atoms with E-state index in [1.165, 1.54) is 7.11 Å². The van der Waals surface area contributed by atoms with E-state index in [0.717, 1.165) is 17.5 Å². The van der Waals surface area contributed by atoms with Gasteiger partial charge in [0.05, 0.1) is 36.5 Å². The van der Waals surface area contributed by atoms with Gasteiger partial charge >= 0.3 is 0 Å². The van der Waals surface area contributed by atoms with Crippen LogP contribution in [0, 0.1) is 0 Å². The fourth-order valence-corrected chi connectivity index (χ4v) is 3.38. The molecule has 4 aromatic rings. The summed E-state index contributed by atoms with van der Waals surface area (Å²) in [4.78, 5) is 8.81. The number of nitrogens with zero attached hydrogens (tertiary/aromatic N) is 5. The van der Waals surface area contributed by atoms with Gasteiger partial charge in [-0.25, -0.2) is 22.9 Å². The number of imidazole rings is 1. The molecule has 27 heavy (non-hydrogen) atoms. The summed E-state index contributed by atoms with van der Waals surface area (Å²) < 4.78 is 34.4. The first kappa shape index (κ1) is 17.0. The summed E-state index contributed by atoms with van der Waals surface area (Å²) in [6.07, 6.45) is 9.79. The quantitative estimate of drug-likeness (QED) is 0.564. The molecule has 0 fully saturated rings.